The molecule has 5 nitrogen and oxygen atoms in total. The van der Waals surface area contributed by atoms with Gasteiger partial charge in [-0.2, -0.15) is 0 Å². The highest BCUT2D eigenvalue weighted by atomic mass is 127. The van der Waals surface area contributed by atoms with Crippen LogP contribution in [0.2, 0.25) is 0 Å². The first kappa shape index (κ1) is 23.5. The number of aryl methyl sites for hydroxylation is 1. The molecule has 0 aliphatic carbocycles. The van der Waals surface area contributed by atoms with Gasteiger partial charge in [-0.1, -0.05) is 30.3 Å². The highest BCUT2D eigenvalue weighted by molar-refractivity contribution is 14.1. The van der Waals surface area contributed by atoms with Gasteiger partial charge in [0.25, 0.3) is 0 Å². The summed E-state index contributed by atoms with van der Waals surface area (Å²) in [6.07, 6.45) is 1.69. The summed E-state index contributed by atoms with van der Waals surface area (Å²) < 4.78 is 19.2. The van der Waals surface area contributed by atoms with Gasteiger partial charge in [-0.05, 0) is 105 Å². The molecule has 0 bridgehead atoms. The number of hydrogen-bond acceptors (Lipinski definition) is 5. The van der Waals surface area contributed by atoms with Gasteiger partial charge < -0.3 is 14.2 Å². The van der Waals surface area contributed by atoms with Crippen LogP contribution in [0.25, 0.3) is 6.08 Å². The summed E-state index contributed by atoms with van der Waals surface area (Å²) in [5.41, 5.74) is 4.02. The highest BCUT2D eigenvalue weighted by Crippen LogP contribution is 2.31. The van der Waals surface area contributed by atoms with E-state index in [0.717, 1.165) is 24.7 Å². The van der Waals surface area contributed by atoms with Gasteiger partial charge in [0.1, 0.15) is 6.61 Å². The van der Waals surface area contributed by atoms with Crippen LogP contribution in [0.1, 0.15) is 29.2 Å². The molecule has 33 heavy (non-hydrogen) atoms. The Morgan fingerprint density at radius 3 is 2.64 bits per heavy atom. The van der Waals surface area contributed by atoms with Crippen molar-refractivity contribution in [2.24, 2.45) is 4.99 Å². The molecule has 4 rings (SSSR count). The van der Waals surface area contributed by atoms with Crippen LogP contribution in [0.15, 0.2) is 75.8 Å². The summed E-state index contributed by atoms with van der Waals surface area (Å²) in [6, 6.07) is 19.3. The maximum Gasteiger partial charge on any atom is 0.363 e. The molecule has 0 amide bonds. The molecule has 168 valence electrons. The second-order valence-corrected chi connectivity index (χ2v) is 9.34. The maximum atomic E-state index is 12.4. The van der Waals surface area contributed by atoms with E-state index >= 15 is 0 Å². The Bertz CT molecular complexity index is 1270. The Balaban J connectivity index is 1.57. The molecule has 0 saturated heterocycles. The van der Waals surface area contributed by atoms with Crippen molar-refractivity contribution in [3.63, 3.8) is 0 Å². The Labute approximate surface area is 214 Å². The largest absolute Gasteiger partial charge is 0.490 e. The standard InChI is InChI=1S/C26H21BrINO4/c1-3-31-24-13-17(8-11-23(24)32-15-19-7-5-4-6-16(19)2)12-22-26(30)33-25(29-22)18-9-10-21(28)20(27)14-18/h4-14H,3,15H2,1-2H3/b22-12-. The minimum Gasteiger partial charge on any atom is -0.490 e. The molecule has 0 spiro atoms. The zero-order chi connectivity index (χ0) is 23.4. The number of aliphatic imine (C=N–C) groups is 1. The first-order chi connectivity index (χ1) is 15.9. The lowest BCUT2D eigenvalue weighted by atomic mass is 10.1. The van der Waals surface area contributed by atoms with Crippen LogP contribution in [0.3, 0.4) is 0 Å². The van der Waals surface area contributed by atoms with Crippen molar-refractivity contribution in [1.29, 1.82) is 0 Å². The zero-order valence-corrected chi connectivity index (χ0v) is 21.8. The van der Waals surface area contributed by atoms with Crippen LogP contribution in [0.5, 0.6) is 11.5 Å². The van der Waals surface area contributed by atoms with Crippen molar-refractivity contribution in [3.8, 4) is 11.5 Å². The summed E-state index contributed by atoms with van der Waals surface area (Å²) in [4.78, 5) is 16.8. The number of carbonyl (C=O) groups excluding carboxylic acids is 1. The number of benzene rings is 3. The normalized spacial score (nSPS) is 14.2. The van der Waals surface area contributed by atoms with Crippen molar-refractivity contribution >= 4 is 56.5 Å². The molecule has 3 aromatic rings. The van der Waals surface area contributed by atoms with Crippen LogP contribution in [0, 0.1) is 10.5 Å². The van der Waals surface area contributed by atoms with Crippen molar-refractivity contribution in [2.75, 3.05) is 6.61 Å². The molecule has 7 heteroatoms. The van der Waals surface area contributed by atoms with Crippen molar-refractivity contribution in [2.45, 2.75) is 20.5 Å². The third kappa shape index (κ3) is 5.65. The van der Waals surface area contributed by atoms with E-state index in [1.807, 2.05) is 61.5 Å². The minimum absolute atomic E-state index is 0.232. The molecule has 1 aliphatic heterocycles. The number of esters is 1. The molecule has 0 fully saturated rings. The number of cyclic esters (lactones) is 1. The third-order valence-corrected chi connectivity index (χ3v) is 7.34. The van der Waals surface area contributed by atoms with Gasteiger partial charge in [-0.25, -0.2) is 9.79 Å². The lowest BCUT2D eigenvalue weighted by molar-refractivity contribution is -0.129. The fourth-order valence-electron chi connectivity index (χ4n) is 3.25. The number of halogens is 2. The van der Waals surface area contributed by atoms with Crippen LogP contribution in [-0.4, -0.2) is 18.5 Å². The smallest absolute Gasteiger partial charge is 0.363 e. The first-order valence-corrected chi connectivity index (χ1v) is 12.2. The predicted molar refractivity (Wildman–Crippen MR) is 141 cm³/mol. The van der Waals surface area contributed by atoms with E-state index < -0.39 is 5.97 Å². The predicted octanol–water partition coefficient (Wildman–Crippen LogP) is 6.68. The Hall–Kier alpha value is -2.65. The average molecular weight is 618 g/mol. The summed E-state index contributed by atoms with van der Waals surface area (Å²) in [5.74, 6) is 1.05. The maximum absolute atomic E-state index is 12.4. The fourth-order valence-corrected chi connectivity index (χ4v) is 3.96. The second kappa shape index (κ2) is 10.5. The van der Waals surface area contributed by atoms with Crippen LogP contribution >= 0.6 is 38.5 Å². The highest BCUT2D eigenvalue weighted by Gasteiger charge is 2.24. The Morgan fingerprint density at radius 1 is 1.06 bits per heavy atom. The average Bonchev–Trinajstić information content (AvgIpc) is 3.16. The van der Waals surface area contributed by atoms with E-state index in [2.05, 4.69) is 56.5 Å². The molecule has 0 N–H and O–H groups in total. The molecule has 0 radical (unpaired) electrons. The summed E-state index contributed by atoms with van der Waals surface area (Å²) in [5, 5.41) is 0. The van der Waals surface area contributed by atoms with Crippen molar-refractivity contribution < 1.29 is 19.0 Å². The van der Waals surface area contributed by atoms with Gasteiger partial charge in [-0.3, -0.25) is 0 Å². The zero-order valence-electron chi connectivity index (χ0n) is 18.1. The van der Waals surface area contributed by atoms with Gasteiger partial charge in [0.15, 0.2) is 17.2 Å². The topological polar surface area (TPSA) is 57.1 Å². The molecule has 1 aliphatic rings. The number of nitrogens with zero attached hydrogens (tertiary/aromatic N) is 1. The molecule has 0 unspecified atom stereocenters. The van der Waals surface area contributed by atoms with Crippen LogP contribution in [0.4, 0.5) is 0 Å². The minimum atomic E-state index is -0.488. The van der Waals surface area contributed by atoms with Gasteiger partial charge in [-0.15, -0.1) is 0 Å². The van der Waals surface area contributed by atoms with E-state index in [9.17, 15) is 4.79 Å². The summed E-state index contributed by atoms with van der Waals surface area (Å²) in [7, 11) is 0. The van der Waals surface area contributed by atoms with Gasteiger partial charge >= 0.3 is 5.97 Å². The second-order valence-electron chi connectivity index (χ2n) is 7.32. The van der Waals surface area contributed by atoms with Crippen molar-refractivity contribution in [3.05, 3.63) is 96.7 Å². The van der Waals surface area contributed by atoms with Crippen LogP contribution < -0.4 is 9.47 Å². The molecule has 1 heterocycles. The lowest BCUT2D eigenvalue weighted by Gasteiger charge is -2.13. The number of rotatable bonds is 7. The van der Waals surface area contributed by atoms with E-state index in [4.69, 9.17) is 14.2 Å². The fraction of sp³-hybridized carbons (Fsp3) is 0.154. The monoisotopic (exact) mass is 617 g/mol. The van der Waals surface area contributed by atoms with Gasteiger partial charge in [0.2, 0.25) is 5.90 Å². The summed E-state index contributed by atoms with van der Waals surface area (Å²) in [6.45, 7) is 4.91. The number of carbonyl (C=O) groups is 1. The molecule has 3 aromatic carbocycles. The first-order valence-electron chi connectivity index (χ1n) is 10.4. The molecular formula is C26H21BrINO4. The van der Waals surface area contributed by atoms with Gasteiger partial charge in [0, 0.05) is 13.6 Å². The Kier molecular flexibility index (Phi) is 7.49. The molecular weight excluding hydrogens is 597 g/mol. The molecule has 0 aromatic heterocycles. The number of hydrogen-bond donors (Lipinski definition) is 0. The quantitative estimate of drug-likeness (QED) is 0.169. The lowest BCUT2D eigenvalue weighted by Crippen LogP contribution is -2.05. The molecule has 0 atom stereocenters. The SMILES string of the molecule is CCOc1cc(/C=C2\N=C(c3ccc(I)c(Br)c3)OC2=O)ccc1OCc1ccccc1C. The van der Waals surface area contributed by atoms with E-state index in [0.29, 0.717) is 24.7 Å². The Morgan fingerprint density at radius 2 is 1.88 bits per heavy atom. The number of ether oxygens (including phenoxy) is 3. The molecule has 0 saturated carbocycles. The summed E-state index contributed by atoms with van der Waals surface area (Å²) >= 11 is 5.72. The van der Waals surface area contributed by atoms with E-state index in [-0.39, 0.29) is 11.6 Å². The third-order valence-electron chi connectivity index (χ3n) is 5.00. The van der Waals surface area contributed by atoms with E-state index in [1.165, 1.54) is 5.56 Å². The van der Waals surface area contributed by atoms with Gasteiger partial charge in [0.05, 0.1) is 6.61 Å². The van der Waals surface area contributed by atoms with Crippen LogP contribution in [-0.2, 0) is 16.1 Å². The van der Waals surface area contributed by atoms with Crippen molar-refractivity contribution in [1.82, 2.24) is 0 Å². The van der Waals surface area contributed by atoms with E-state index in [1.54, 1.807) is 6.08 Å².